The van der Waals surface area contributed by atoms with Crippen molar-refractivity contribution in [2.45, 2.75) is 32.6 Å². The molecule has 27 heavy (non-hydrogen) atoms. The van der Waals surface area contributed by atoms with Crippen LogP contribution >= 0.6 is 0 Å². The molecule has 0 saturated carbocycles. The van der Waals surface area contributed by atoms with Gasteiger partial charge in [-0.1, -0.05) is 48.6 Å². The lowest BCUT2D eigenvalue weighted by Crippen LogP contribution is -2.35. The first-order chi connectivity index (χ1) is 13.1. The number of aliphatic hydroxyl groups is 1. The molecule has 2 atom stereocenters. The van der Waals surface area contributed by atoms with Crippen molar-refractivity contribution in [3.63, 3.8) is 0 Å². The number of hydrogen-bond acceptors (Lipinski definition) is 4. The van der Waals surface area contributed by atoms with E-state index in [1.54, 1.807) is 7.11 Å². The van der Waals surface area contributed by atoms with Crippen LogP contribution in [0.5, 0.6) is 11.5 Å². The maximum absolute atomic E-state index is 10.8. The number of ether oxygens (including phenoxy) is 2. The second kappa shape index (κ2) is 8.78. The van der Waals surface area contributed by atoms with Gasteiger partial charge in [0.2, 0.25) is 0 Å². The molecule has 2 aromatic rings. The summed E-state index contributed by atoms with van der Waals surface area (Å²) in [6, 6.07) is 15.9. The second-order valence-corrected chi connectivity index (χ2v) is 6.79. The fraction of sp³-hybridized carbons (Fsp3) is 0.304. The van der Waals surface area contributed by atoms with Crippen LogP contribution in [-0.4, -0.2) is 29.7 Å². The number of allylic oxidation sites excluding steroid dienone is 3. The largest absolute Gasteiger partial charge is 0.493 e. The normalized spacial score (nSPS) is 17.4. The van der Waals surface area contributed by atoms with E-state index in [2.05, 4.69) is 37.0 Å². The van der Waals surface area contributed by atoms with Crippen LogP contribution < -0.4 is 9.47 Å². The molecule has 0 radical (unpaired) electrons. The maximum atomic E-state index is 10.8. The van der Waals surface area contributed by atoms with E-state index in [4.69, 9.17) is 9.47 Å². The average molecular weight is 365 g/mol. The predicted octanol–water partition coefficient (Wildman–Crippen LogP) is 4.47. The third-order valence-electron chi connectivity index (χ3n) is 4.85. The van der Waals surface area contributed by atoms with E-state index in [1.165, 1.54) is 0 Å². The number of nitrogens with zero attached hydrogens (tertiary/aromatic N) is 1. The van der Waals surface area contributed by atoms with Crippen molar-refractivity contribution in [2.24, 2.45) is 0 Å². The Labute approximate surface area is 161 Å². The highest BCUT2D eigenvalue weighted by Crippen LogP contribution is 2.32. The summed E-state index contributed by atoms with van der Waals surface area (Å²) in [5.41, 5.74) is 3.05. The van der Waals surface area contributed by atoms with Crippen molar-refractivity contribution < 1.29 is 14.6 Å². The molecule has 1 heterocycles. The quantitative estimate of drug-likeness (QED) is 0.786. The molecule has 1 N–H and O–H groups in total. The first-order valence-electron chi connectivity index (χ1n) is 9.23. The Morgan fingerprint density at radius 3 is 2.59 bits per heavy atom. The number of hydrogen-bond donors (Lipinski definition) is 1. The van der Waals surface area contributed by atoms with E-state index in [9.17, 15) is 5.11 Å². The molecule has 0 saturated heterocycles. The molecular weight excluding hydrogens is 338 g/mol. The van der Waals surface area contributed by atoms with Gasteiger partial charge in [-0.25, -0.2) is 0 Å². The molecule has 0 aliphatic carbocycles. The molecule has 1 aliphatic heterocycles. The molecule has 0 spiro atoms. The molecule has 4 heteroatoms. The van der Waals surface area contributed by atoms with E-state index >= 15 is 0 Å². The molecule has 142 valence electrons. The van der Waals surface area contributed by atoms with Gasteiger partial charge in [-0.05, 0) is 43.2 Å². The van der Waals surface area contributed by atoms with Crippen LogP contribution in [0.25, 0.3) is 0 Å². The minimum absolute atomic E-state index is 0.261. The zero-order chi connectivity index (χ0) is 19.2. The zero-order valence-electron chi connectivity index (χ0n) is 16.1. The van der Waals surface area contributed by atoms with Crippen molar-refractivity contribution in [2.75, 3.05) is 13.7 Å². The lowest BCUT2D eigenvalue weighted by Gasteiger charge is -2.34. The summed E-state index contributed by atoms with van der Waals surface area (Å²) in [5, 5.41) is 10.8. The van der Waals surface area contributed by atoms with E-state index in [0.29, 0.717) is 24.7 Å². The Bertz CT molecular complexity index is 814. The molecule has 0 bridgehead atoms. The molecule has 0 fully saturated rings. The maximum Gasteiger partial charge on any atom is 0.162 e. The van der Waals surface area contributed by atoms with E-state index in [1.807, 2.05) is 48.5 Å². The average Bonchev–Trinajstić information content (AvgIpc) is 2.69. The Hall–Kier alpha value is -2.72. The number of benzene rings is 2. The predicted molar refractivity (Wildman–Crippen MR) is 108 cm³/mol. The molecule has 1 aliphatic rings. The van der Waals surface area contributed by atoms with Gasteiger partial charge in [0, 0.05) is 18.3 Å². The van der Waals surface area contributed by atoms with Crippen LogP contribution in [0, 0.1) is 0 Å². The van der Waals surface area contributed by atoms with Gasteiger partial charge in [0.25, 0.3) is 0 Å². The van der Waals surface area contributed by atoms with Gasteiger partial charge >= 0.3 is 0 Å². The fourth-order valence-corrected chi connectivity index (χ4v) is 3.23. The van der Waals surface area contributed by atoms with Gasteiger partial charge in [-0.2, -0.15) is 0 Å². The first kappa shape index (κ1) is 19.1. The van der Waals surface area contributed by atoms with Crippen LogP contribution in [0.3, 0.4) is 0 Å². The Morgan fingerprint density at radius 1 is 1.11 bits per heavy atom. The molecule has 2 aromatic carbocycles. The summed E-state index contributed by atoms with van der Waals surface area (Å²) in [6.45, 7) is 5.17. The topological polar surface area (TPSA) is 41.9 Å². The van der Waals surface area contributed by atoms with Crippen LogP contribution in [-0.2, 0) is 6.61 Å². The van der Waals surface area contributed by atoms with Crippen molar-refractivity contribution in [3.8, 4) is 11.5 Å². The summed E-state index contributed by atoms with van der Waals surface area (Å²) in [6.07, 6.45) is 5.63. The van der Waals surface area contributed by atoms with Gasteiger partial charge in [-0.15, -0.1) is 0 Å². The molecular formula is C23H27NO3. The lowest BCUT2D eigenvalue weighted by molar-refractivity contribution is 0.120. The minimum atomic E-state index is -0.618. The standard InChI is InChI=1S/C23H27NO3/c1-17-8-7-9-18(2)24(17)15-21(25)20-12-13-22(26-3)23(14-20)27-16-19-10-5-4-6-11-19/h4-14,17,21,25H,15-16H2,1-3H3. The molecule has 4 nitrogen and oxygen atoms in total. The summed E-state index contributed by atoms with van der Waals surface area (Å²) in [7, 11) is 1.62. The zero-order valence-corrected chi connectivity index (χ0v) is 16.1. The summed E-state index contributed by atoms with van der Waals surface area (Å²) < 4.78 is 11.4. The summed E-state index contributed by atoms with van der Waals surface area (Å²) in [5.74, 6) is 1.30. The number of β-amino-alcohol motifs (C(OH)–C–C–N with tert-alkyl or cyclic N) is 1. The van der Waals surface area contributed by atoms with Gasteiger partial charge in [0.15, 0.2) is 11.5 Å². The molecule has 0 amide bonds. The van der Waals surface area contributed by atoms with E-state index < -0.39 is 6.10 Å². The SMILES string of the molecule is COc1ccc(C(O)CN2C(C)=CC=CC2C)cc1OCc1ccccc1. The summed E-state index contributed by atoms with van der Waals surface area (Å²) >= 11 is 0. The Balaban J connectivity index is 1.73. The van der Waals surface area contributed by atoms with Crippen LogP contribution in [0.2, 0.25) is 0 Å². The molecule has 0 aromatic heterocycles. The Kier molecular flexibility index (Phi) is 6.20. The Morgan fingerprint density at radius 2 is 1.89 bits per heavy atom. The first-order valence-corrected chi connectivity index (χ1v) is 9.23. The smallest absolute Gasteiger partial charge is 0.162 e. The second-order valence-electron chi connectivity index (χ2n) is 6.79. The molecule has 3 rings (SSSR count). The van der Waals surface area contributed by atoms with Crippen molar-refractivity contribution in [1.82, 2.24) is 4.90 Å². The van der Waals surface area contributed by atoms with Gasteiger partial charge < -0.3 is 19.5 Å². The lowest BCUT2D eigenvalue weighted by atomic mass is 10.1. The van der Waals surface area contributed by atoms with E-state index in [0.717, 1.165) is 16.8 Å². The highest BCUT2D eigenvalue weighted by molar-refractivity contribution is 5.44. The summed E-state index contributed by atoms with van der Waals surface area (Å²) in [4.78, 5) is 2.19. The number of methoxy groups -OCH3 is 1. The highest BCUT2D eigenvalue weighted by atomic mass is 16.5. The van der Waals surface area contributed by atoms with Crippen LogP contribution in [0.15, 0.2) is 72.5 Å². The number of rotatable bonds is 7. The highest BCUT2D eigenvalue weighted by Gasteiger charge is 2.20. The fourth-order valence-electron chi connectivity index (χ4n) is 3.23. The van der Waals surface area contributed by atoms with E-state index in [-0.39, 0.29) is 6.04 Å². The molecule has 2 unspecified atom stereocenters. The van der Waals surface area contributed by atoms with Crippen molar-refractivity contribution in [3.05, 3.63) is 83.6 Å². The monoisotopic (exact) mass is 365 g/mol. The number of aliphatic hydroxyl groups excluding tert-OH is 1. The van der Waals surface area contributed by atoms with Gasteiger partial charge in [0.05, 0.1) is 13.2 Å². The van der Waals surface area contributed by atoms with Crippen LogP contribution in [0.1, 0.15) is 31.1 Å². The van der Waals surface area contributed by atoms with Crippen molar-refractivity contribution in [1.29, 1.82) is 0 Å². The third-order valence-corrected chi connectivity index (χ3v) is 4.85. The third kappa shape index (κ3) is 4.72. The van der Waals surface area contributed by atoms with Crippen LogP contribution in [0.4, 0.5) is 0 Å². The minimum Gasteiger partial charge on any atom is -0.493 e. The van der Waals surface area contributed by atoms with Gasteiger partial charge in [0.1, 0.15) is 6.61 Å². The van der Waals surface area contributed by atoms with Crippen molar-refractivity contribution >= 4 is 0 Å². The van der Waals surface area contributed by atoms with Gasteiger partial charge in [-0.3, -0.25) is 0 Å².